The molecule has 0 amide bonds. The van der Waals surface area contributed by atoms with Crippen LogP contribution in [0.4, 0.5) is 0 Å². The Bertz CT molecular complexity index is 630. The zero-order valence-corrected chi connectivity index (χ0v) is 13.3. The van der Waals surface area contributed by atoms with Crippen molar-refractivity contribution in [2.75, 3.05) is 13.2 Å². The summed E-state index contributed by atoms with van der Waals surface area (Å²) in [5.41, 5.74) is 1.45. The minimum absolute atomic E-state index is 0.158. The molecule has 0 unspecified atom stereocenters. The normalized spacial score (nSPS) is 11.2. The number of nitrogens with zero attached hydrogens (tertiary/aromatic N) is 1. The van der Waals surface area contributed by atoms with Crippen molar-refractivity contribution in [3.63, 3.8) is 0 Å². The van der Waals surface area contributed by atoms with Crippen LogP contribution in [0.15, 0.2) is 40.8 Å². The number of benzene rings is 1. The van der Waals surface area contributed by atoms with Crippen molar-refractivity contribution in [3.8, 4) is 11.8 Å². The molecule has 1 aromatic heterocycles. The van der Waals surface area contributed by atoms with Crippen LogP contribution in [0.2, 0.25) is 0 Å². The van der Waals surface area contributed by atoms with Crippen LogP contribution in [-0.2, 0) is 12.0 Å². The minimum Gasteiger partial charge on any atom is -0.492 e. The third kappa shape index (κ3) is 4.64. The Balaban J connectivity index is 1.69. The Labute approximate surface area is 131 Å². The number of nitriles is 1. The lowest BCUT2D eigenvalue weighted by molar-refractivity contribution is 0.310. The van der Waals surface area contributed by atoms with E-state index >= 15 is 0 Å². The van der Waals surface area contributed by atoms with Crippen LogP contribution in [-0.4, -0.2) is 13.2 Å². The predicted molar refractivity (Wildman–Crippen MR) is 85.8 cm³/mol. The highest BCUT2D eigenvalue weighted by Crippen LogP contribution is 2.24. The van der Waals surface area contributed by atoms with Crippen molar-refractivity contribution >= 4 is 0 Å². The van der Waals surface area contributed by atoms with Gasteiger partial charge in [-0.15, -0.1) is 0 Å². The molecule has 1 aromatic carbocycles. The molecule has 0 fully saturated rings. The molecular formula is C18H22N2O2. The smallest absolute Gasteiger partial charge is 0.203 e. The van der Waals surface area contributed by atoms with Gasteiger partial charge >= 0.3 is 0 Å². The van der Waals surface area contributed by atoms with Crippen LogP contribution in [0.25, 0.3) is 0 Å². The molecule has 1 N–H and O–H groups in total. The van der Waals surface area contributed by atoms with Crippen molar-refractivity contribution in [2.24, 2.45) is 0 Å². The summed E-state index contributed by atoms with van der Waals surface area (Å²) in [6, 6.07) is 13.7. The van der Waals surface area contributed by atoms with E-state index in [1.807, 2.05) is 18.2 Å². The average Bonchev–Trinajstić information content (AvgIpc) is 2.94. The molecule has 4 heteroatoms. The fourth-order valence-electron chi connectivity index (χ4n) is 2.04. The fraction of sp³-hybridized carbons (Fsp3) is 0.389. The number of furan rings is 1. The highest BCUT2D eigenvalue weighted by atomic mass is 16.5. The van der Waals surface area contributed by atoms with E-state index < -0.39 is 0 Å². The maximum Gasteiger partial charge on any atom is 0.203 e. The lowest BCUT2D eigenvalue weighted by Crippen LogP contribution is -2.20. The second kappa shape index (κ2) is 7.15. The topological polar surface area (TPSA) is 58.2 Å². The monoisotopic (exact) mass is 298 g/mol. The van der Waals surface area contributed by atoms with Gasteiger partial charge in [0.25, 0.3) is 0 Å². The molecule has 116 valence electrons. The minimum atomic E-state index is 0.158. The summed E-state index contributed by atoms with van der Waals surface area (Å²) in [6.45, 7) is 8.47. The van der Waals surface area contributed by atoms with E-state index in [2.05, 4.69) is 38.2 Å². The average molecular weight is 298 g/mol. The molecule has 2 rings (SSSR count). The largest absolute Gasteiger partial charge is 0.492 e. The summed E-state index contributed by atoms with van der Waals surface area (Å²) in [5.74, 6) is 1.97. The third-order valence-corrected chi connectivity index (χ3v) is 3.34. The van der Waals surface area contributed by atoms with Crippen LogP contribution < -0.4 is 10.1 Å². The molecule has 0 aliphatic rings. The third-order valence-electron chi connectivity index (χ3n) is 3.34. The second-order valence-electron chi connectivity index (χ2n) is 6.18. The number of nitrogens with one attached hydrogen (secondary N) is 1. The molecule has 0 radical (unpaired) electrons. The van der Waals surface area contributed by atoms with Gasteiger partial charge in [-0.1, -0.05) is 32.9 Å². The van der Waals surface area contributed by atoms with Crippen molar-refractivity contribution < 1.29 is 9.15 Å². The Morgan fingerprint density at radius 2 is 1.86 bits per heavy atom. The maximum absolute atomic E-state index is 8.67. The van der Waals surface area contributed by atoms with Gasteiger partial charge in [-0.05, 0) is 35.2 Å². The summed E-state index contributed by atoms with van der Waals surface area (Å²) in [6.07, 6.45) is 0. The van der Waals surface area contributed by atoms with Gasteiger partial charge in [0, 0.05) is 6.54 Å². The molecule has 0 bridgehead atoms. The van der Waals surface area contributed by atoms with E-state index in [9.17, 15) is 0 Å². The van der Waals surface area contributed by atoms with Crippen LogP contribution in [0.3, 0.4) is 0 Å². The first kappa shape index (κ1) is 16.1. The first-order chi connectivity index (χ1) is 10.5. The molecule has 0 aliphatic carbocycles. The Morgan fingerprint density at radius 1 is 1.14 bits per heavy atom. The van der Waals surface area contributed by atoms with Gasteiger partial charge in [0.2, 0.25) is 5.76 Å². The van der Waals surface area contributed by atoms with E-state index in [0.717, 1.165) is 11.5 Å². The summed E-state index contributed by atoms with van der Waals surface area (Å²) in [7, 11) is 0. The molecule has 1 heterocycles. The van der Waals surface area contributed by atoms with Gasteiger partial charge in [-0.2, -0.15) is 5.26 Å². The quantitative estimate of drug-likeness (QED) is 0.828. The van der Waals surface area contributed by atoms with Crippen LogP contribution in [0, 0.1) is 11.3 Å². The highest BCUT2D eigenvalue weighted by molar-refractivity contribution is 5.31. The predicted octanol–water partition coefficient (Wildman–Crippen LogP) is 3.62. The van der Waals surface area contributed by atoms with Crippen LogP contribution in [0.5, 0.6) is 5.75 Å². The van der Waals surface area contributed by atoms with Crippen molar-refractivity contribution in [1.82, 2.24) is 5.32 Å². The SMILES string of the molecule is CC(C)(C)c1ccc(OCCNCc2ccc(C#N)o2)cc1. The number of hydrogen-bond donors (Lipinski definition) is 1. The maximum atomic E-state index is 8.67. The molecule has 0 saturated carbocycles. The molecule has 0 saturated heterocycles. The van der Waals surface area contributed by atoms with E-state index in [1.165, 1.54) is 5.56 Å². The standard InChI is InChI=1S/C18H22N2O2/c1-18(2,3)14-4-6-15(7-5-14)21-11-10-20-13-17-9-8-16(12-19)22-17/h4-9,20H,10-11,13H2,1-3H3. The van der Waals surface area contributed by atoms with E-state index in [4.69, 9.17) is 14.4 Å². The van der Waals surface area contributed by atoms with E-state index in [0.29, 0.717) is 25.5 Å². The number of rotatable bonds is 6. The van der Waals surface area contributed by atoms with Gasteiger partial charge in [0.1, 0.15) is 24.2 Å². The lowest BCUT2D eigenvalue weighted by atomic mass is 9.87. The van der Waals surface area contributed by atoms with Crippen molar-refractivity contribution in [2.45, 2.75) is 32.7 Å². The molecule has 2 aromatic rings. The van der Waals surface area contributed by atoms with Gasteiger partial charge in [0.15, 0.2) is 0 Å². The van der Waals surface area contributed by atoms with E-state index in [1.54, 1.807) is 12.1 Å². The van der Waals surface area contributed by atoms with Gasteiger partial charge in [-0.25, -0.2) is 0 Å². The summed E-state index contributed by atoms with van der Waals surface area (Å²) < 4.78 is 11.0. The van der Waals surface area contributed by atoms with E-state index in [-0.39, 0.29) is 5.41 Å². The molecule has 0 atom stereocenters. The summed E-state index contributed by atoms with van der Waals surface area (Å²) >= 11 is 0. The summed E-state index contributed by atoms with van der Waals surface area (Å²) in [5, 5.41) is 11.9. The highest BCUT2D eigenvalue weighted by Gasteiger charge is 2.12. The Hall–Kier alpha value is -2.25. The number of ether oxygens (including phenoxy) is 1. The first-order valence-corrected chi connectivity index (χ1v) is 7.42. The zero-order valence-electron chi connectivity index (χ0n) is 13.3. The van der Waals surface area contributed by atoms with Gasteiger partial charge < -0.3 is 14.5 Å². The van der Waals surface area contributed by atoms with Crippen molar-refractivity contribution in [1.29, 1.82) is 5.26 Å². The van der Waals surface area contributed by atoms with Crippen molar-refractivity contribution in [3.05, 3.63) is 53.5 Å². The Kier molecular flexibility index (Phi) is 5.24. The number of hydrogen-bond acceptors (Lipinski definition) is 4. The second-order valence-corrected chi connectivity index (χ2v) is 6.18. The molecule has 22 heavy (non-hydrogen) atoms. The lowest BCUT2D eigenvalue weighted by Gasteiger charge is -2.19. The summed E-state index contributed by atoms with van der Waals surface area (Å²) in [4.78, 5) is 0. The molecule has 0 aliphatic heterocycles. The molecule has 0 spiro atoms. The van der Waals surface area contributed by atoms with Gasteiger partial charge in [-0.3, -0.25) is 0 Å². The zero-order chi connectivity index (χ0) is 16.0. The van der Waals surface area contributed by atoms with Gasteiger partial charge in [0.05, 0.1) is 6.54 Å². The molecular weight excluding hydrogens is 276 g/mol. The molecule has 4 nitrogen and oxygen atoms in total. The first-order valence-electron chi connectivity index (χ1n) is 7.42. The van der Waals surface area contributed by atoms with Crippen LogP contribution >= 0.6 is 0 Å². The Morgan fingerprint density at radius 3 is 2.45 bits per heavy atom. The fourth-order valence-corrected chi connectivity index (χ4v) is 2.04. The van der Waals surface area contributed by atoms with Crippen LogP contribution in [0.1, 0.15) is 37.9 Å².